The summed E-state index contributed by atoms with van der Waals surface area (Å²) in [7, 11) is -3.63. The molecule has 18 heavy (non-hydrogen) atoms. The van der Waals surface area contributed by atoms with Crippen LogP contribution in [0.5, 0.6) is 0 Å². The van der Waals surface area contributed by atoms with Crippen molar-refractivity contribution >= 4 is 15.9 Å². The third-order valence-corrected chi connectivity index (χ3v) is 5.20. The molecule has 2 rings (SSSR count). The van der Waals surface area contributed by atoms with Gasteiger partial charge in [0.15, 0.2) is 5.03 Å². The molecule has 7 nitrogen and oxygen atoms in total. The summed E-state index contributed by atoms with van der Waals surface area (Å²) >= 11 is 0. The summed E-state index contributed by atoms with van der Waals surface area (Å²) in [5.41, 5.74) is 5.26. The Bertz CT molecular complexity index is 525. The lowest BCUT2D eigenvalue weighted by atomic mass is 9.95. The topological polar surface area (TPSA) is 109 Å². The molecule has 8 heteroatoms. The smallest absolute Gasteiger partial charge is 0.260 e. The predicted molar refractivity (Wildman–Crippen MR) is 63.9 cm³/mol. The lowest BCUT2D eigenvalue weighted by molar-refractivity contribution is -0.123. The number of amides is 1. The molecule has 100 valence electrons. The maximum atomic E-state index is 12.3. The van der Waals surface area contributed by atoms with Gasteiger partial charge in [-0.15, -0.1) is 0 Å². The second-order valence-corrected chi connectivity index (χ2v) is 6.38. The van der Waals surface area contributed by atoms with Crippen molar-refractivity contribution in [3.05, 3.63) is 12.3 Å². The van der Waals surface area contributed by atoms with Crippen molar-refractivity contribution < 1.29 is 13.2 Å². The SMILES string of the molecule is CC1CCC(C(N)=O)CN1S(=O)(=O)c1ccn[nH]1. The van der Waals surface area contributed by atoms with Gasteiger partial charge in [0.2, 0.25) is 5.91 Å². The first-order valence-electron chi connectivity index (χ1n) is 5.73. The molecule has 1 saturated heterocycles. The second kappa shape index (κ2) is 4.69. The van der Waals surface area contributed by atoms with E-state index in [1.54, 1.807) is 0 Å². The third-order valence-electron chi connectivity index (χ3n) is 3.29. The van der Waals surface area contributed by atoms with Crippen molar-refractivity contribution in [2.45, 2.75) is 30.8 Å². The quantitative estimate of drug-likeness (QED) is 0.786. The zero-order valence-electron chi connectivity index (χ0n) is 10.0. The summed E-state index contributed by atoms with van der Waals surface area (Å²) < 4.78 is 26.0. The highest BCUT2D eigenvalue weighted by atomic mass is 32.2. The maximum absolute atomic E-state index is 12.3. The molecule has 0 spiro atoms. The third kappa shape index (κ3) is 2.25. The number of aromatic nitrogens is 2. The molecule has 1 aromatic rings. The molecule has 1 aliphatic rings. The summed E-state index contributed by atoms with van der Waals surface area (Å²) in [6.07, 6.45) is 2.64. The number of nitrogens with zero attached hydrogens (tertiary/aromatic N) is 2. The normalized spacial score (nSPS) is 26.1. The summed E-state index contributed by atoms with van der Waals surface area (Å²) in [6.45, 7) is 1.96. The minimum atomic E-state index is -3.63. The number of H-pyrrole nitrogens is 1. The van der Waals surface area contributed by atoms with Crippen LogP contribution in [0.25, 0.3) is 0 Å². The molecule has 0 bridgehead atoms. The fraction of sp³-hybridized carbons (Fsp3) is 0.600. The van der Waals surface area contributed by atoms with Gasteiger partial charge in [-0.25, -0.2) is 8.42 Å². The fourth-order valence-electron chi connectivity index (χ4n) is 2.16. The first-order valence-corrected chi connectivity index (χ1v) is 7.17. The number of carbonyl (C=O) groups is 1. The van der Waals surface area contributed by atoms with Crippen LogP contribution in [0.3, 0.4) is 0 Å². The van der Waals surface area contributed by atoms with Crippen LogP contribution < -0.4 is 5.73 Å². The Morgan fingerprint density at radius 2 is 2.28 bits per heavy atom. The van der Waals surface area contributed by atoms with Crippen molar-refractivity contribution in [1.29, 1.82) is 0 Å². The zero-order chi connectivity index (χ0) is 13.3. The van der Waals surface area contributed by atoms with E-state index < -0.39 is 21.8 Å². The number of piperidine rings is 1. The van der Waals surface area contributed by atoms with Gasteiger partial charge >= 0.3 is 0 Å². The van der Waals surface area contributed by atoms with Gasteiger partial charge in [0.25, 0.3) is 10.0 Å². The molecule has 2 atom stereocenters. The number of sulfonamides is 1. The van der Waals surface area contributed by atoms with Gasteiger partial charge in [0, 0.05) is 12.6 Å². The van der Waals surface area contributed by atoms with E-state index in [2.05, 4.69) is 10.2 Å². The van der Waals surface area contributed by atoms with Crippen LogP contribution in [0.15, 0.2) is 17.3 Å². The fourth-order valence-corrected chi connectivity index (χ4v) is 3.76. The molecule has 0 aromatic carbocycles. The molecular formula is C10H16N4O3S. The highest BCUT2D eigenvalue weighted by Crippen LogP contribution is 2.27. The highest BCUT2D eigenvalue weighted by molar-refractivity contribution is 7.89. The van der Waals surface area contributed by atoms with E-state index in [-0.39, 0.29) is 17.6 Å². The molecule has 1 aliphatic heterocycles. The molecule has 0 radical (unpaired) electrons. The van der Waals surface area contributed by atoms with Crippen molar-refractivity contribution in [2.75, 3.05) is 6.54 Å². The molecule has 2 unspecified atom stereocenters. The van der Waals surface area contributed by atoms with E-state index in [1.165, 1.54) is 16.6 Å². The van der Waals surface area contributed by atoms with Crippen molar-refractivity contribution in [3.63, 3.8) is 0 Å². The Hall–Kier alpha value is -1.41. The molecule has 3 N–H and O–H groups in total. The van der Waals surface area contributed by atoms with Crippen molar-refractivity contribution in [3.8, 4) is 0 Å². The Kier molecular flexibility index (Phi) is 3.40. The summed E-state index contributed by atoms with van der Waals surface area (Å²) in [6, 6.07) is 1.25. The Morgan fingerprint density at radius 3 is 2.83 bits per heavy atom. The summed E-state index contributed by atoms with van der Waals surface area (Å²) in [4.78, 5) is 11.2. The lowest BCUT2D eigenvalue weighted by Gasteiger charge is -2.35. The molecule has 0 aliphatic carbocycles. The van der Waals surface area contributed by atoms with E-state index in [0.29, 0.717) is 12.8 Å². The van der Waals surface area contributed by atoms with Crippen LogP contribution in [0.2, 0.25) is 0 Å². The highest BCUT2D eigenvalue weighted by Gasteiger charge is 2.37. The molecule has 2 heterocycles. The van der Waals surface area contributed by atoms with Crippen LogP contribution in [0.1, 0.15) is 19.8 Å². The average molecular weight is 272 g/mol. The summed E-state index contributed by atoms with van der Waals surface area (Å²) in [5, 5.41) is 6.12. The summed E-state index contributed by atoms with van der Waals surface area (Å²) in [5.74, 6) is -0.870. The molecule has 1 aromatic heterocycles. The van der Waals surface area contributed by atoms with Crippen LogP contribution >= 0.6 is 0 Å². The molecular weight excluding hydrogens is 256 g/mol. The predicted octanol–water partition coefficient (Wildman–Crippen LogP) is -0.316. The maximum Gasteiger partial charge on any atom is 0.260 e. The first-order chi connectivity index (χ1) is 8.43. The number of rotatable bonds is 3. The van der Waals surface area contributed by atoms with E-state index >= 15 is 0 Å². The zero-order valence-corrected chi connectivity index (χ0v) is 10.9. The van der Waals surface area contributed by atoms with Crippen LogP contribution in [-0.2, 0) is 14.8 Å². The second-order valence-electron chi connectivity index (χ2n) is 4.52. The molecule has 1 amide bonds. The largest absolute Gasteiger partial charge is 0.369 e. The van der Waals surface area contributed by atoms with Crippen molar-refractivity contribution in [1.82, 2.24) is 14.5 Å². The van der Waals surface area contributed by atoms with Gasteiger partial charge in [-0.2, -0.15) is 9.40 Å². The standard InChI is InChI=1S/C10H16N4O3S/c1-7-2-3-8(10(11)15)6-14(7)18(16,17)9-4-5-12-13-9/h4-5,7-8H,2-3,6H2,1H3,(H2,11,15)(H,12,13). The van der Waals surface area contributed by atoms with Gasteiger partial charge in [-0.3, -0.25) is 9.89 Å². The number of primary amides is 1. The van der Waals surface area contributed by atoms with E-state index in [4.69, 9.17) is 5.73 Å². The Balaban J connectivity index is 2.28. The Labute approximate surface area is 105 Å². The number of carbonyl (C=O) groups excluding carboxylic acids is 1. The van der Waals surface area contributed by atoms with Gasteiger partial charge in [0.1, 0.15) is 0 Å². The minimum Gasteiger partial charge on any atom is -0.369 e. The van der Waals surface area contributed by atoms with Gasteiger partial charge in [0.05, 0.1) is 12.1 Å². The van der Waals surface area contributed by atoms with Crippen LogP contribution in [0.4, 0.5) is 0 Å². The average Bonchev–Trinajstić information content (AvgIpc) is 2.82. The minimum absolute atomic E-state index is 0.0412. The van der Waals surface area contributed by atoms with Crippen molar-refractivity contribution in [2.24, 2.45) is 11.7 Å². The van der Waals surface area contributed by atoms with Gasteiger partial charge in [-0.1, -0.05) is 0 Å². The molecule has 1 fully saturated rings. The monoisotopic (exact) mass is 272 g/mol. The number of nitrogens with two attached hydrogens (primary N) is 1. The first kappa shape index (κ1) is 13.0. The lowest BCUT2D eigenvalue weighted by Crippen LogP contribution is -2.48. The van der Waals surface area contributed by atoms with Crippen LogP contribution in [0, 0.1) is 5.92 Å². The van der Waals surface area contributed by atoms with Crippen LogP contribution in [-0.4, -0.2) is 41.4 Å². The van der Waals surface area contributed by atoms with E-state index in [9.17, 15) is 13.2 Å². The Morgan fingerprint density at radius 1 is 1.56 bits per heavy atom. The number of hydrogen-bond donors (Lipinski definition) is 2. The number of hydrogen-bond acceptors (Lipinski definition) is 4. The van der Waals surface area contributed by atoms with E-state index in [1.807, 2.05) is 6.92 Å². The van der Waals surface area contributed by atoms with Gasteiger partial charge in [-0.05, 0) is 25.8 Å². The van der Waals surface area contributed by atoms with E-state index in [0.717, 1.165) is 0 Å². The number of nitrogens with one attached hydrogen (secondary N) is 1. The number of aromatic amines is 1. The molecule has 0 saturated carbocycles. The van der Waals surface area contributed by atoms with Gasteiger partial charge < -0.3 is 5.73 Å².